The van der Waals surface area contributed by atoms with Gasteiger partial charge in [0, 0.05) is 17.0 Å². The van der Waals surface area contributed by atoms with Crippen LogP contribution < -0.4 is 0 Å². The van der Waals surface area contributed by atoms with Gasteiger partial charge in [0.1, 0.15) is 11.5 Å². The van der Waals surface area contributed by atoms with Gasteiger partial charge in [0.15, 0.2) is 11.0 Å². The van der Waals surface area contributed by atoms with Crippen molar-refractivity contribution in [2.75, 3.05) is 0 Å². The van der Waals surface area contributed by atoms with E-state index in [1.807, 2.05) is 41.0 Å². The molecule has 0 bridgehead atoms. The number of halogens is 1. The molecule has 0 aliphatic heterocycles. The van der Waals surface area contributed by atoms with Crippen LogP contribution in [0.1, 0.15) is 31.4 Å². The van der Waals surface area contributed by atoms with Crippen molar-refractivity contribution in [1.82, 2.24) is 14.8 Å². The van der Waals surface area contributed by atoms with Crippen LogP contribution in [0.3, 0.4) is 0 Å². The predicted octanol–water partition coefficient (Wildman–Crippen LogP) is 4.84. The molecule has 1 aliphatic carbocycles. The summed E-state index contributed by atoms with van der Waals surface area (Å²) in [5, 5.41) is 10.1. The molecule has 26 heavy (non-hydrogen) atoms. The Balaban J connectivity index is 1.68. The molecule has 2 aromatic heterocycles. The highest BCUT2D eigenvalue weighted by Gasteiger charge is 2.26. The van der Waals surface area contributed by atoms with E-state index in [2.05, 4.69) is 10.2 Å². The third kappa shape index (κ3) is 3.71. The second kappa shape index (κ2) is 7.68. The third-order valence-corrected chi connectivity index (χ3v) is 6.01. The first-order valence-electron chi connectivity index (χ1n) is 8.61. The Morgan fingerprint density at radius 2 is 2.04 bits per heavy atom. The monoisotopic (exact) mass is 387 g/mol. The molecule has 0 amide bonds. The quantitative estimate of drug-likeness (QED) is 0.626. The molecule has 1 atom stereocenters. The summed E-state index contributed by atoms with van der Waals surface area (Å²) in [7, 11) is 0. The summed E-state index contributed by atoms with van der Waals surface area (Å²) >= 11 is 7.52. The lowest BCUT2D eigenvalue weighted by Gasteiger charge is -2.19. The van der Waals surface area contributed by atoms with Gasteiger partial charge in [0.2, 0.25) is 0 Å². The minimum Gasteiger partial charge on any atom is -0.467 e. The topological polar surface area (TPSA) is 60.9 Å². The molecule has 0 N–H and O–H groups in total. The first-order valence-corrected chi connectivity index (χ1v) is 9.87. The maximum absolute atomic E-state index is 12.2. The van der Waals surface area contributed by atoms with Crippen molar-refractivity contribution in [3.63, 3.8) is 0 Å². The Hall–Kier alpha value is -2.05. The largest absolute Gasteiger partial charge is 0.467 e. The molecule has 0 unspecified atom stereocenters. The summed E-state index contributed by atoms with van der Waals surface area (Å²) in [6.45, 7) is 0.515. The lowest BCUT2D eigenvalue weighted by Crippen LogP contribution is -2.22. The van der Waals surface area contributed by atoms with Gasteiger partial charge in [-0.15, -0.1) is 10.2 Å². The van der Waals surface area contributed by atoms with Crippen LogP contribution in [0.25, 0.3) is 11.4 Å². The van der Waals surface area contributed by atoms with E-state index in [0.717, 1.165) is 41.6 Å². The van der Waals surface area contributed by atoms with Crippen molar-refractivity contribution >= 4 is 29.1 Å². The van der Waals surface area contributed by atoms with E-state index in [-0.39, 0.29) is 5.25 Å². The lowest BCUT2D eigenvalue weighted by molar-refractivity contribution is -0.119. The average molecular weight is 388 g/mol. The summed E-state index contributed by atoms with van der Waals surface area (Å²) in [5.41, 5.74) is 0.926. The van der Waals surface area contributed by atoms with Gasteiger partial charge in [-0.25, -0.2) is 0 Å². The molecule has 1 aromatic carbocycles. The summed E-state index contributed by atoms with van der Waals surface area (Å²) in [4.78, 5) is 12.2. The molecular weight excluding hydrogens is 370 g/mol. The van der Waals surface area contributed by atoms with Crippen LogP contribution >= 0.6 is 23.4 Å². The van der Waals surface area contributed by atoms with Gasteiger partial charge in [0.25, 0.3) is 0 Å². The van der Waals surface area contributed by atoms with Crippen molar-refractivity contribution in [2.24, 2.45) is 0 Å². The standard InChI is InChI=1S/C19H18ClN3O2S/c20-14-9-7-13(8-10-14)18-21-22-19(23(18)12-15-4-3-11-25-15)26-17-6-2-1-5-16(17)24/h3-4,7-11,17H,1-2,5-6,12H2/t17-/m1/s1. The van der Waals surface area contributed by atoms with E-state index in [1.54, 1.807) is 6.26 Å². The van der Waals surface area contributed by atoms with E-state index < -0.39 is 0 Å². The average Bonchev–Trinajstić information content (AvgIpc) is 3.29. The number of nitrogens with zero attached hydrogens (tertiary/aromatic N) is 3. The molecule has 1 saturated carbocycles. The number of thioether (sulfide) groups is 1. The molecule has 5 nitrogen and oxygen atoms in total. The van der Waals surface area contributed by atoms with Crippen LogP contribution in [-0.2, 0) is 11.3 Å². The Bertz CT molecular complexity index is 890. The number of carbonyl (C=O) groups excluding carboxylic acids is 1. The summed E-state index contributed by atoms with van der Waals surface area (Å²) < 4.78 is 7.52. The second-order valence-corrected chi connectivity index (χ2v) is 7.90. The minimum atomic E-state index is -0.0404. The molecule has 134 valence electrons. The van der Waals surface area contributed by atoms with Crippen LogP contribution in [-0.4, -0.2) is 25.8 Å². The maximum atomic E-state index is 12.2. The Labute approximate surface area is 160 Å². The molecule has 0 saturated heterocycles. The molecule has 1 fully saturated rings. The van der Waals surface area contributed by atoms with E-state index in [9.17, 15) is 4.79 Å². The summed E-state index contributed by atoms with van der Waals surface area (Å²) in [6, 6.07) is 11.3. The van der Waals surface area contributed by atoms with Gasteiger partial charge >= 0.3 is 0 Å². The zero-order chi connectivity index (χ0) is 17.9. The number of aromatic nitrogens is 3. The first kappa shape index (κ1) is 17.4. The van der Waals surface area contributed by atoms with Crippen molar-refractivity contribution < 1.29 is 9.21 Å². The lowest BCUT2D eigenvalue weighted by atomic mass is 9.99. The maximum Gasteiger partial charge on any atom is 0.192 e. The van der Waals surface area contributed by atoms with Gasteiger partial charge in [-0.3, -0.25) is 9.36 Å². The highest BCUT2D eigenvalue weighted by atomic mass is 35.5. The molecule has 3 aromatic rings. The zero-order valence-electron chi connectivity index (χ0n) is 14.1. The van der Waals surface area contributed by atoms with Gasteiger partial charge in [-0.2, -0.15) is 0 Å². The first-order chi connectivity index (χ1) is 12.7. The van der Waals surface area contributed by atoms with Crippen LogP contribution in [0.15, 0.2) is 52.2 Å². The SMILES string of the molecule is O=C1CCCC[C@H]1Sc1nnc(-c2ccc(Cl)cc2)n1Cc1ccco1. The molecular formula is C19H18ClN3O2S. The van der Waals surface area contributed by atoms with Crippen molar-refractivity contribution in [1.29, 1.82) is 0 Å². The number of ketones is 1. The fourth-order valence-electron chi connectivity index (χ4n) is 3.09. The van der Waals surface area contributed by atoms with E-state index >= 15 is 0 Å². The molecule has 2 heterocycles. The number of Topliss-reactive ketones (excluding diaryl/α,β-unsaturated/α-hetero) is 1. The van der Waals surface area contributed by atoms with Crippen LogP contribution in [0, 0.1) is 0 Å². The fourth-order valence-corrected chi connectivity index (χ4v) is 4.37. The van der Waals surface area contributed by atoms with Gasteiger partial charge in [-0.1, -0.05) is 29.8 Å². The fraction of sp³-hybridized carbons (Fsp3) is 0.316. The number of hydrogen-bond acceptors (Lipinski definition) is 5. The summed E-state index contributed by atoms with van der Waals surface area (Å²) in [6.07, 6.45) is 5.28. The Morgan fingerprint density at radius 3 is 2.77 bits per heavy atom. The number of benzene rings is 1. The molecule has 0 radical (unpaired) electrons. The number of rotatable bonds is 5. The van der Waals surface area contributed by atoms with E-state index in [1.165, 1.54) is 11.8 Å². The summed E-state index contributed by atoms with van der Waals surface area (Å²) in [5.74, 6) is 1.86. The van der Waals surface area contributed by atoms with Crippen LogP contribution in [0.4, 0.5) is 0 Å². The van der Waals surface area contributed by atoms with Crippen LogP contribution in [0.2, 0.25) is 5.02 Å². The van der Waals surface area contributed by atoms with Crippen molar-refractivity contribution in [3.05, 3.63) is 53.4 Å². The number of furan rings is 1. The highest BCUT2D eigenvalue weighted by Crippen LogP contribution is 2.33. The predicted molar refractivity (Wildman–Crippen MR) is 101 cm³/mol. The third-order valence-electron chi connectivity index (χ3n) is 4.46. The smallest absolute Gasteiger partial charge is 0.192 e. The van der Waals surface area contributed by atoms with Gasteiger partial charge in [-0.05, 0) is 49.2 Å². The van der Waals surface area contributed by atoms with Crippen LogP contribution in [0.5, 0.6) is 0 Å². The zero-order valence-corrected chi connectivity index (χ0v) is 15.7. The minimum absolute atomic E-state index is 0.0404. The van der Waals surface area contributed by atoms with E-state index in [4.69, 9.17) is 16.0 Å². The van der Waals surface area contributed by atoms with E-state index in [0.29, 0.717) is 23.8 Å². The second-order valence-electron chi connectivity index (χ2n) is 6.30. The van der Waals surface area contributed by atoms with Gasteiger partial charge in [0.05, 0.1) is 18.1 Å². The Morgan fingerprint density at radius 1 is 1.19 bits per heavy atom. The molecule has 0 spiro atoms. The van der Waals surface area contributed by atoms with Crippen molar-refractivity contribution in [3.8, 4) is 11.4 Å². The molecule has 4 rings (SSSR count). The normalized spacial score (nSPS) is 17.6. The van der Waals surface area contributed by atoms with Gasteiger partial charge < -0.3 is 4.42 Å². The van der Waals surface area contributed by atoms with Crippen molar-refractivity contribution in [2.45, 2.75) is 42.6 Å². The number of carbonyl (C=O) groups is 1. The molecule has 1 aliphatic rings. The highest BCUT2D eigenvalue weighted by molar-refractivity contribution is 8.00. The Kier molecular flexibility index (Phi) is 5.13. The molecule has 7 heteroatoms. The number of hydrogen-bond donors (Lipinski definition) is 0.